The number of aromatic nitrogens is 1. The first-order chi connectivity index (χ1) is 8.48. The van der Waals surface area contributed by atoms with Crippen molar-refractivity contribution in [2.75, 3.05) is 6.61 Å². The summed E-state index contributed by atoms with van der Waals surface area (Å²) >= 11 is 0. The fraction of sp³-hybridized carbons (Fsp3) is 0.0833. The van der Waals surface area contributed by atoms with Gasteiger partial charge in [-0.15, -0.1) is 12.1 Å². The summed E-state index contributed by atoms with van der Waals surface area (Å²) in [6, 6.07) is 8.52. The standard InChI is InChI=1S/C12H10BF3NO.K/c1-9(13(14,15)16)8-18-12-6-2-5-11-10(12)4-3-7-17-11;/h2-7H,1,8H2;/q-1;+1. The minimum Gasteiger partial charge on any atom is -0.492 e. The van der Waals surface area contributed by atoms with Crippen LogP contribution in [0, 0.1) is 0 Å². The zero-order valence-corrected chi connectivity index (χ0v) is 13.6. The summed E-state index contributed by atoms with van der Waals surface area (Å²) in [5.41, 5.74) is -0.172. The predicted octanol–water partition coefficient (Wildman–Crippen LogP) is 0.560. The van der Waals surface area contributed by atoms with Crippen LogP contribution in [0.1, 0.15) is 0 Å². The monoisotopic (exact) mass is 291 g/mol. The summed E-state index contributed by atoms with van der Waals surface area (Å²) in [7, 11) is 0. The van der Waals surface area contributed by atoms with Crippen LogP contribution in [0.5, 0.6) is 5.75 Å². The first-order valence-electron chi connectivity index (χ1n) is 5.32. The van der Waals surface area contributed by atoms with E-state index in [1.807, 2.05) is 0 Å². The Morgan fingerprint density at radius 2 is 1.95 bits per heavy atom. The summed E-state index contributed by atoms with van der Waals surface area (Å²) in [6.45, 7) is -2.63. The van der Waals surface area contributed by atoms with Crippen molar-refractivity contribution < 1.29 is 69.1 Å². The number of rotatable bonds is 4. The Hall–Kier alpha value is -0.339. The molecule has 0 spiro atoms. The molecule has 94 valence electrons. The van der Waals surface area contributed by atoms with E-state index < -0.39 is 19.1 Å². The van der Waals surface area contributed by atoms with Gasteiger partial charge in [-0.2, -0.15) is 0 Å². The molecule has 0 aliphatic carbocycles. The van der Waals surface area contributed by atoms with Gasteiger partial charge in [0, 0.05) is 11.6 Å². The Bertz CT molecular complexity index is 583. The second kappa shape index (κ2) is 6.90. The Balaban J connectivity index is 0.00000180. The minimum absolute atomic E-state index is 0. The molecule has 19 heavy (non-hydrogen) atoms. The van der Waals surface area contributed by atoms with Crippen molar-refractivity contribution in [3.8, 4) is 5.75 Å². The number of hydrogen-bond acceptors (Lipinski definition) is 2. The number of hydrogen-bond donors (Lipinski definition) is 0. The maximum Gasteiger partial charge on any atom is 1.00 e. The van der Waals surface area contributed by atoms with E-state index in [4.69, 9.17) is 4.74 Å². The minimum atomic E-state index is -5.05. The van der Waals surface area contributed by atoms with Crippen LogP contribution in [0.3, 0.4) is 0 Å². The molecule has 0 unspecified atom stereocenters. The summed E-state index contributed by atoms with van der Waals surface area (Å²) in [4.78, 5) is 4.10. The van der Waals surface area contributed by atoms with Crippen molar-refractivity contribution in [2.45, 2.75) is 0 Å². The molecule has 0 aliphatic rings. The van der Waals surface area contributed by atoms with E-state index in [-0.39, 0.29) is 51.4 Å². The van der Waals surface area contributed by atoms with Gasteiger partial charge in [-0.05, 0) is 24.3 Å². The van der Waals surface area contributed by atoms with E-state index in [2.05, 4.69) is 11.6 Å². The summed E-state index contributed by atoms with van der Waals surface area (Å²) in [5.74, 6) is 0.377. The van der Waals surface area contributed by atoms with Crippen molar-refractivity contribution in [3.63, 3.8) is 0 Å². The molecule has 0 amide bonds. The second-order valence-corrected chi connectivity index (χ2v) is 3.85. The van der Waals surface area contributed by atoms with Gasteiger partial charge in [0.2, 0.25) is 0 Å². The van der Waals surface area contributed by atoms with E-state index in [0.29, 0.717) is 16.7 Å². The summed E-state index contributed by atoms with van der Waals surface area (Å²) < 4.78 is 42.2. The molecule has 7 heteroatoms. The number of fused-ring (bicyclic) bond motifs is 1. The Morgan fingerprint density at radius 3 is 2.63 bits per heavy atom. The van der Waals surface area contributed by atoms with Crippen molar-refractivity contribution in [2.24, 2.45) is 0 Å². The van der Waals surface area contributed by atoms with Gasteiger partial charge in [-0.3, -0.25) is 4.98 Å². The van der Waals surface area contributed by atoms with E-state index in [1.54, 1.807) is 36.5 Å². The van der Waals surface area contributed by atoms with Crippen molar-refractivity contribution >= 4 is 17.9 Å². The molecule has 2 rings (SSSR count). The van der Waals surface area contributed by atoms with Gasteiger partial charge in [-0.1, -0.05) is 6.07 Å². The van der Waals surface area contributed by atoms with Gasteiger partial charge < -0.3 is 17.7 Å². The molecule has 0 atom stereocenters. The Kier molecular flexibility index (Phi) is 6.07. The molecule has 0 fully saturated rings. The smallest absolute Gasteiger partial charge is 0.492 e. The molecule has 0 saturated heterocycles. The van der Waals surface area contributed by atoms with Crippen molar-refractivity contribution in [1.29, 1.82) is 0 Å². The molecule has 0 bridgehead atoms. The largest absolute Gasteiger partial charge is 1.00 e. The first-order valence-corrected chi connectivity index (χ1v) is 5.32. The van der Waals surface area contributed by atoms with Crippen LogP contribution in [-0.4, -0.2) is 18.6 Å². The normalized spacial score (nSPS) is 10.9. The second-order valence-electron chi connectivity index (χ2n) is 3.85. The quantitative estimate of drug-likeness (QED) is 0.768. The van der Waals surface area contributed by atoms with E-state index >= 15 is 0 Å². The molecular weight excluding hydrogens is 281 g/mol. The predicted molar refractivity (Wildman–Crippen MR) is 65.5 cm³/mol. The van der Waals surface area contributed by atoms with Crippen LogP contribution in [0.25, 0.3) is 10.9 Å². The average Bonchev–Trinajstić information content (AvgIpc) is 2.34. The third-order valence-electron chi connectivity index (χ3n) is 2.48. The number of nitrogens with zero attached hydrogens (tertiary/aromatic N) is 1. The molecule has 1 aromatic carbocycles. The zero-order chi connectivity index (χ0) is 13.2. The van der Waals surface area contributed by atoms with E-state index in [1.165, 1.54) is 0 Å². The Morgan fingerprint density at radius 1 is 1.21 bits per heavy atom. The molecular formula is C12H10BF3KNO. The van der Waals surface area contributed by atoms with E-state index in [0.717, 1.165) is 0 Å². The van der Waals surface area contributed by atoms with Crippen LogP contribution < -0.4 is 56.1 Å². The number of benzene rings is 1. The zero-order valence-electron chi connectivity index (χ0n) is 10.4. The third-order valence-corrected chi connectivity index (χ3v) is 2.48. The van der Waals surface area contributed by atoms with Crippen LogP contribution in [0.15, 0.2) is 48.6 Å². The number of pyridine rings is 1. The summed E-state index contributed by atoms with van der Waals surface area (Å²) in [6.07, 6.45) is 1.61. The third kappa shape index (κ3) is 4.32. The maximum atomic E-state index is 12.3. The van der Waals surface area contributed by atoms with Gasteiger partial charge in [0.05, 0.1) is 12.1 Å². The molecule has 0 aliphatic heterocycles. The van der Waals surface area contributed by atoms with Gasteiger partial charge in [0.25, 0.3) is 0 Å². The molecule has 0 N–H and O–H groups in total. The first kappa shape index (κ1) is 16.7. The van der Waals surface area contributed by atoms with Crippen molar-refractivity contribution in [1.82, 2.24) is 4.98 Å². The fourth-order valence-electron chi connectivity index (χ4n) is 1.47. The van der Waals surface area contributed by atoms with Crippen molar-refractivity contribution in [3.05, 3.63) is 48.6 Å². The molecule has 0 saturated carbocycles. The van der Waals surface area contributed by atoms with Crippen LogP contribution in [-0.2, 0) is 0 Å². The molecule has 1 heterocycles. The van der Waals surface area contributed by atoms with Gasteiger partial charge in [0.15, 0.2) is 0 Å². The van der Waals surface area contributed by atoms with Crippen LogP contribution >= 0.6 is 0 Å². The molecule has 2 nitrogen and oxygen atoms in total. The van der Waals surface area contributed by atoms with Crippen LogP contribution in [0.4, 0.5) is 12.9 Å². The molecule has 1 aromatic heterocycles. The average molecular weight is 291 g/mol. The van der Waals surface area contributed by atoms with Gasteiger partial charge >= 0.3 is 58.4 Å². The molecule has 2 aromatic rings. The van der Waals surface area contributed by atoms with E-state index in [9.17, 15) is 12.9 Å². The fourth-order valence-corrected chi connectivity index (χ4v) is 1.47. The summed E-state index contributed by atoms with van der Waals surface area (Å²) in [5, 5.41) is 0.683. The number of halogens is 3. The Labute approximate surface area is 151 Å². The molecule has 0 radical (unpaired) electrons. The van der Waals surface area contributed by atoms with Gasteiger partial charge in [0.1, 0.15) is 5.75 Å². The topological polar surface area (TPSA) is 22.1 Å². The maximum absolute atomic E-state index is 12.3. The number of ether oxygens (including phenoxy) is 1. The SMILES string of the molecule is C=C(COc1cccc2ncccc12)[B-](F)(F)F.[K+]. The van der Waals surface area contributed by atoms with Crippen LogP contribution in [0.2, 0.25) is 0 Å². The van der Waals surface area contributed by atoms with Gasteiger partial charge in [-0.25, -0.2) is 0 Å².